The smallest absolute Gasteiger partial charge is 0.306 e. The van der Waals surface area contributed by atoms with Crippen LogP contribution in [0.4, 0.5) is 0 Å². The summed E-state index contributed by atoms with van der Waals surface area (Å²) in [7, 11) is 3.25. The van der Waals surface area contributed by atoms with Crippen LogP contribution < -0.4 is 4.74 Å². The summed E-state index contributed by atoms with van der Waals surface area (Å²) in [5.41, 5.74) is 2.10. The fourth-order valence-corrected chi connectivity index (χ4v) is 4.15. The van der Waals surface area contributed by atoms with Crippen LogP contribution in [0.3, 0.4) is 0 Å². The maximum Gasteiger partial charge on any atom is 0.306 e. The number of carbonyl (C=O) groups is 3. The Bertz CT molecular complexity index is 1020. The monoisotopic (exact) mass is 529 g/mol. The van der Waals surface area contributed by atoms with Crippen molar-refractivity contribution in [3.63, 3.8) is 0 Å². The quantitative estimate of drug-likeness (QED) is 0.228. The number of nitrogens with zero attached hydrogens (tertiary/aromatic N) is 3. The predicted molar refractivity (Wildman–Crippen MR) is 146 cm³/mol. The van der Waals surface area contributed by atoms with Crippen molar-refractivity contribution in [1.29, 1.82) is 0 Å². The molecule has 0 radical (unpaired) electrons. The maximum absolute atomic E-state index is 13.6. The first-order chi connectivity index (χ1) is 18.3. The van der Waals surface area contributed by atoms with Crippen molar-refractivity contribution in [3.8, 4) is 5.75 Å². The highest BCUT2D eigenvalue weighted by atomic mass is 16.5. The number of hydrogen-bond donors (Lipinski definition) is 0. The predicted octanol–water partition coefficient (Wildman–Crippen LogP) is 3.88. The summed E-state index contributed by atoms with van der Waals surface area (Å²) in [6.07, 6.45) is 3.38. The second kappa shape index (κ2) is 16.5. The minimum Gasteiger partial charge on any atom is -0.497 e. The summed E-state index contributed by atoms with van der Waals surface area (Å²) < 4.78 is 17.6. The number of hydrogen-bond acceptors (Lipinski definition) is 6. The molecule has 0 saturated carbocycles. The van der Waals surface area contributed by atoms with Crippen LogP contribution in [0.25, 0.3) is 0 Å². The highest BCUT2D eigenvalue weighted by Gasteiger charge is 2.25. The molecule has 0 spiro atoms. The van der Waals surface area contributed by atoms with Gasteiger partial charge in [0.15, 0.2) is 0 Å². The molecule has 9 heteroatoms. The van der Waals surface area contributed by atoms with E-state index in [9.17, 15) is 14.4 Å². The van der Waals surface area contributed by atoms with E-state index in [1.165, 1.54) is 4.90 Å². The Morgan fingerprint density at radius 2 is 1.82 bits per heavy atom. The van der Waals surface area contributed by atoms with Crippen molar-refractivity contribution in [2.45, 2.75) is 65.6 Å². The van der Waals surface area contributed by atoms with E-state index in [0.717, 1.165) is 23.4 Å². The third-order valence-corrected chi connectivity index (χ3v) is 6.49. The molecular weight excluding hydrogens is 486 g/mol. The first kappa shape index (κ1) is 30.9. The summed E-state index contributed by atoms with van der Waals surface area (Å²) >= 11 is 0. The minimum atomic E-state index is -0.415. The molecule has 0 saturated heterocycles. The van der Waals surface area contributed by atoms with Gasteiger partial charge in [-0.1, -0.05) is 19.1 Å². The van der Waals surface area contributed by atoms with Crippen molar-refractivity contribution in [2.24, 2.45) is 0 Å². The SMILES string of the molecule is CCOC(=O)CCC(=O)N(CCCOC)CC(=O)N(Cc1cccn1Cc1cccc(OC)c1)[C@H](C)CC. The largest absolute Gasteiger partial charge is 0.497 e. The van der Waals surface area contributed by atoms with Gasteiger partial charge in [0.25, 0.3) is 0 Å². The van der Waals surface area contributed by atoms with Gasteiger partial charge in [0.05, 0.1) is 33.2 Å². The van der Waals surface area contributed by atoms with Gasteiger partial charge < -0.3 is 28.6 Å². The molecule has 1 aromatic heterocycles. The molecule has 1 atom stereocenters. The normalized spacial score (nSPS) is 11.6. The Kier molecular flexibility index (Phi) is 13.4. The summed E-state index contributed by atoms with van der Waals surface area (Å²) in [6.45, 7) is 7.94. The van der Waals surface area contributed by atoms with Crippen LogP contribution in [0, 0.1) is 0 Å². The number of amides is 2. The number of aromatic nitrogens is 1. The summed E-state index contributed by atoms with van der Waals surface area (Å²) in [4.78, 5) is 41.7. The average Bonchev–Trinajstić information content (AvgIpc) is 3.35. The first-order valence-corrected chi connectivity index (χ1v) is 13.3. The fourth-order valence-electron chi connectivity index (χ4n) is 4.15. The number of carbonyl (C=O) groups excluding carboxylic acids is 3. The Hall–Kier alpha value is -3.33. The highest BCUT2D eigenvalue weighted by Crippen LogP contribution is 2.18. The molecule has 0 aliphatic heterocycles. The summed E-state index contributed by atoms with van der Waals surface area (Å²) in [5.74, 6) is 0.0132. The van der Waals surface area contributed by atoms with Crippen LogP contribution in [0.2, 0.25) is 0 Å². The minimum absolute atomic E-state index is 0.00545. The van der Waals surface area contributed by atoms with E-state index in [1.807, 2.05) is 61.3 Å². The van der Waals surface area contributed by atoms with Crippen molar-refractivity contribution in [2.75, 3.05) is 40.5 Å². The van der Waals surface area contributed by atoms with E-state index in [2.05, 4.69) is 4.57 Å². The third kappa shape index (κ3) is 9.85. The van der Waals surface area contributed by atoms with E-state index in [-0.39, 0.29) is 43.8 Å². The van der Waals surface area contributed by atoms with E-state index in [1.54, 1.807) is 21.1 Å². The Morgan fingerprint density at radius 1 is 1.03 bits per heavy atom. The molecular formula is C29H43N3O6. The molecule has 0 fully saturated rings. The zero-order valence-electron chi connectivity index (χ0n) is 23.5. The van der Waals surface area contributed by atoms with Crippen molar-refractivity contribution < 1.29 is 28.6 Å². The molecule has 0 bridgehead atoms. The number of rotatable bonds is 17. The summed E-state index contributed by atoms with van der Waals surface area (Å²) in [5, 5.41) is 0. The fraction of sp³-hybridized carbons (Fsp3) is 0.552. The third-order valence-electron chi connectivity index (χ3n) is 6.49. The van der Waals surface area contributed by atoms with Gasteiger partial charge in [-0.3, -0.25) is 14.4 Å². The molecule has 9 nitrogen and oxygen atoms in total. The van der Waals surface area contributed by atoms with Crippen molar-refractivity contribution in [1.82, 2.24) is 14.4 Å². The zero-order valence-corrected chi connectivity index (χ0v) is 23.5. The second-order valence-corrected chi connectivity index (χ2v) is 9.22. The van der Waals surface area contributed by atoms with Crippen LogP contribution in [-0.2, 0) is 36.9 Å². The number of ether oxygens (including phenoxy) is 3. The Morgan fingerprint density at radius 3 is 2.50 bits per heavy atom. The molecule has 1 heterocycles. The lowest BCUT2D eigenvalue weighted by Gasteiger charge is -2.32. The van der Waals surface area contributed by atoms with Gasteiger partial charge in [-0.05, 0) is 56.5 Å². The lowest BCUT2D eigenvalue weighted by Crippen LogP contribution is -2.46. The Balaban J connectivity index is 2.16. The molecule has 2 rings (SSSR count). The van der Waals surface area contributed by atoms with Gasteiger partial charge in [-0.2, -0.15) is 0 Å². The molecule has 210 valence electrons. The van der Waals surface area contributed by atoms with Crippen LogP contribution in [0.1, 0.15) is 57.7 Å². The Labute approximate surface area is 226 Å². The number of methoxy groups -OCH3 is 2. The first-order valence-electron chi connectivity index (χ1n) is 13.3. The molecule has 0 aliphatic rings. The zero-order chi connectivity index (χ0) is 27.9. The standard InChI is InChI=1S/C29H43N3O6/c1-6-23(3)32(21-25-12-9-16-30(25)20-24-11-8-13-26(19-24)37-5)28(34)22-31(17-10-18-36-4)27(33)14-15-29(35)38-7-2/h8-9,11-13,16,19,23H,6-7,10,14-15,17-18,20-22H2,1-5H3/t23-/m1/s1. The van der Waals surface area contributed by atoms with Gasteiger partial charge >= 0.3 is 5.97 Å². The second-order valence-electron chi connectivity index (χ2n) is 9.22. The van der Waals surface area contributed by atoms with E-state index in [0.29, 0.717) is 32.7 Å². The molecule has 0 N–H and O–H groups in total. The van der Waals surface area contributed by atoms with E-state index >= 15 is 0 Å². The van der Waals surface area contributed by atoms with Gasteiger partial charge in [0, 0.05) is 51.2 Å². The van der Waals surface area contributed by atoms with E-state index < -0.39 is 5.97 Å². The van der Waals surface area contributed by atoms with Crippen molar-refractivity contribution in [3.05, 3.63) is 53.9 Å². The average molecular weight is 530 g/mol. The van der Waals surface area contributed by atoms with Gasteiger partial charge in [0.2, 0.25) is 11.8 Å². The molecule has 2 amide bonds. The molecule has 1 aromatic carbocycles. The van der Waals surface area contributed by atoms with Crippen LogP contribution in [0.5, 0.6) is 5.75 Å². The lowest BCUT2D eigenvalue weighted by molar-refractivity contribution is -0.147. The summed E-state index contributed by atoms with van der Waals surface area (Å²) in [6, 6.07) is 11.9. The molecule has 2 aromatic rings. The number of esters is 1. The van der Waals surface area contributed by atoms with Gasteiger partial charge in [-0.25, -0.2) is 0 Å². The van der Waals surface area contributed by atoms with Crippen LogP contribution in [-0.4, -0.2) is 78.7 Å². The highest BCUT2D eigenvalue weighted by molar-refractivity contribution is 5.86. The topological polar surface area (TPSA) is 90.3 Å². The van der Waals surface area contributed by atoms with Crippen molar-refractivity contribution >= 4 is 17.8 Å². The molecule has 0 unspecified atom stereocenters. The molecule has 0 aliphatic carbocycles. The van der Waals surface area contributed by atoms with E-state index in [4.69, 9.17) is 14.2 Å². The van der Waals surface area contributed by atoms with Gasteiger partial charge in [0.1, 0.15) is 5.75 Å². The molecule has 38 heavy (non-hydrogen) atoms. The van der Waals surface area contributed by atoms with Crippen LogP contribution in [0.15, 0.2) is 42.6 Å². The van der Waals surface area contributed by atoms with Crippen LogP contribution >= 0.6 is 0 Å². The number of benzene rings is 1. The van der Waals surface area contributed by atoms with Gasteiger partial charge in [-0.15, -0.1) is 0 Å². The lowest BCUT2D eigenvalue weighted by atomic mass is 10.2. The maximum atomic E-state index is 13.6.